The number of benzene rings is 1. The van der Waals surface area contributed by atoms with Gasteiger partial charge in [0.1, 0.15) is 0 Å². The smallest absolute Gasteiger partial charge is 0.271 e. The summed E-state index contributed by atoms with van der Waals surface area (Å²) in [5.41, 5.74) is 4.30. The summed E-state index contributed by atoms with van der Waals surface area (Å²) in [6.07, 6.45) is 0.724. The van der Waals surface area contributed by atoms with Gasteiger partial charge in [0.25, 0.3) is 11.6 Å². The highest BCUT2D eigenvalue weighted by molar-refractivity contribution is 6.08. The summed E-state index contributed by atoms with van der Waals surface area (Å²) in [7, 11) is 0. The summed E-state index contributed by atoms with van der Waals surface area (Å²) >= 11 is 0. The van der Waals surface area contributed by atoms with Crippen molar-refractivity contribution < 1.29 is 9.72 Å². The number of amides is 1. The topological polar surface area (TPSA) is 68.4 Å². The third kappa shape index (κ3) is 2.48. The van der Waals surface area contributed by atoms with Crippen LogP contribution in [0.25, 0.3) is 0 Å². The molecule has 24 heavy (non-hydrogen) atoms. The van der Waals surface area contributed by atoms with Crippen molar-refractivity contribution >= 4 is 17.3 Å². The van der Waals surface area contributed by atoms with Gasteiger partial charge in [-0.25, -0.2) is 0 Å². The van der Waals surface area contributed by atoms with Crippen molar-refractivity contribution in [3.8, 4) is 0 Å². The highest BCUT2D eigenvalue weighted by Crippen LogP contribution is 2.33. The van der Waals surface area contributed by atoms with Gasteiger partial charge in [0.2, 0.25) is 0 Å². The Morgan fingerprint density at radius 1 is 1.25 bits per heavy atom. The van der Waals surface area contributed by atoms with E-state index in [2.05, 4.69) is 18.4 Å². The number of carbonyl (C=O) groups is 1. The highest BCUT2D eigenvalue weighted by Gasteiger charge is 2.29. The van der Waals surface area contributed by atoms with Crippen LogP contribution in [0, 0.1) is 24.0 Å². The molecule has 1 amide bonds. The molecule has 2 aromatic rings. The second-order valence-corrected chi connectivity index (χ2v) is 6.53. The molecule has 0 bridgehead atoms. The lowest BCUT2D eigenvalue weighted by atomic mass is 10.1. The molecule has 3 rings (SSSR count). The molecule has 0 fully saturated rings. The first-order valence-corrected chi connectivity index (χ1v) is 8.09. The monoisotopic (exact) mass is 327 g/mol. The molecule has 0 N–H and O–H groups in total. The molecule has 0 radical (unpaired) electrons. The minimum atomic E-state index is -0.425. The Morgan fingerprint density at radius 2 is 1.96 bits per heavy atom. The van der Waals surface area contributed by atoms with Crippen LogP contribution in [-0.4, -0.2) is 21.9 Å². The van der Waals surface area contributed by atoms with E-state index in [1.807, 2.05) is 19.9 Å². The summed E-state index contributed by atoms with van der Waals surface area (Å²) in [5, 5.41) is 11.0. The number of nitrogens with zero attached hydrogens (tertiary/aromatic N) is 3. The fourth-order valence-corrected chi connectivity index (χ4v) is 3.63. The van der Waals surface area contributed by atoms with Crippen molar-refractivity contribution in [2.45, 2.75) is 40.2 Å². The van der Waals surface area contributed by atoms with Crippen LogP contribution in [0.2, 0.25) is 0 Å². The van der Waals surface area contributed by atoms with Gasteiger partial charge < -0.3 is 9.47 Å². The number of fused-ring (bicyclic) bond motifs is 1. The van der Waals surface area contributed by atoms with E-state index in [-0.39, 0.29) is 17.6 Å². The van der Waals surface area contributed by atoms with Crippen LogP contribution in [0.3, 0.4) is 0 Å². The van der Waals surface area contributed by atoms with Gasteiger partial charge in [0, 0.05) is 36.1 Å². The van der Waals surface area contributed by atoms with Gasteiger partial charge in [0.05, 0.1) is 16.2 Å². The minimum absolute atomic E-state index is 0.0149. The number of hydrogen-bond donors (Lipinski definition) is 0. The van der Waals surface area contributed by atoms with E-state index >= 15 is 0 Å². The zero-order chi connectivity index (χ0) is 17.6. The average molecular weight is 327 g/mol. The van der Waals surface area contributed by atoms with Crippen molar-refractivity contribution in [2.75, 3.05) is 11.4 Å². The standard InChI is InChI=1S/C18H21N3O3/c1-11(2)20-12(3)9-16(13(20)4)18(22)19-8-7-14-5-6-15(21(23)24)10-17(14)19/h5-6,9-11H,7-8H2,1-4H3. The molecule has 0 aliphatic carbocycles. The molecule has 1 aromatic heterocycles. The van der Waals surface area contributed by atoms with E-state index in [1.165, 1.54) is 12.1 Å². The van der Waals surface area contributed by atoms with Gasteiger partial charge in [-0.3, -0.25) is 14.9 Å². The molecule has 126 valence electrons. The molecule has 0 atom stereocenters. The zero-order valence-electron chi connectivity index (χ0n) is 14.4. The second kappa shape index (κ2) is 5.78. The fraction of sp³-hybridized carbons (Fsp3) is 0.389. The quantitative estimate of drug-likeness (QED) is 0.636. The molecule has 0 unspecified atom stereocenters. The molecule has 1 aliphatic rings. The van der Waals surface area contributed by atoms with E-state index in [4.69, 9.17) is 0 Å². The Bertz CT molecular complexity index is 836. The Labute approximate surface area is 140 Å². The first kappa shape index (κ1) is 16.2. The number of nitro benzene ring substituents is 1. The number of aryl methyl sites for hydroxylation is 1. The predicted octanol–water partition coefficient (Wildman–Crippen LogP) is 3.80. The molecule has 1 aliphatic heterocycles. The number of rotatable bonds is 3. The molecular weight excluding hydrogens is 306 g/mol. The van der Waals surface area contributed by atoms with Crippen LogP contribution < -0.4 is 4.90 Å². The maximum atomic E-state index is 13.0. The summed E-state index contributed by atoms with van der Waals surface area (Å²) in [6, 6.07) is 6.93. The third-order valence-electron chi connectivity index (χ3n) is 4.65. The Morgan fingerprint density at radius 3 is 2.54 bits per heavy atom. The molecule has 0 saturated carbocycles. The molecular formula is C18H21N3O3. The number of hydrogen-bond acceptors (Lipinski definition) is 3. The van der Waals surface area contributed by atoms with Crippen molar-refractivity contribution in [2.24, 2.45) is 0 Å². The van der Waals surface area contributed by atoms with Crippen LogP contribution in [0.15, 0.2) is 24.3 Å². The Balaban J connectivity index is 2.01. The van der Waals surface area contributed by atoms with Crippen LogP contribution in [0.5, 0.6) is 0 Å². The fourth-order valence-electron chi connectivity index (χ4n) is 3.63. The first-order valence-electron chi connectivity index (χ1n) is 8.09. The Kier molecular flexibility index (Phi) is 3.91. The normalized spacial score (nSPS) is 13.5. The maximum absolute atomic E-state index is 13.0. The third-order valence-corrected chi connectivity index (χ3v) is 4.65. The van der Waals surface area contributed by atoms with Gasteiger partial charge in [0.15, 0.2) is 0 Å². The minimum Gasteiger partial charge on any atom is -0.346 e. The number of nitro groups is 1. The predicted molar refractivity (Wildman–Crippen MR) is 92.8 cm³/mol. The highest BCUT2D eigenvalue weighted by atomic mass is 16.6. The lowest BCUT2D eigenvalue weighted by Crippen LogP contribution is -2.29. The lowest BCUT2D eigenvalue weighted by Gasteiger charge is -2.18. The SMILES string of the molecule is Cc1cc(C(=O)N2CCc3ccc([N+](=O)[O-])cc32)c(C)n1C(C)C. The summed E-state index contributed by atoms with van der Waals surface area (Å²) in [6.45, 7) is 8.67. The van der Waals surface area contributed by atoms with Crippen molar-refractivity contribution in [3.05, 3.63) is 56.9 Å². The van der Waals surface area contributed by atoms with Gasteiger partial charge in [-0.2, -0.15) is 0 Å². The zero-order valence-corrected chi connectivity index (χ0v) is 14.4. The Hall–Kier alpha value is -2.63. The summed E-state index contributed by atoms with van der Waals surface area (Å²) < 4.78 is 2.14. The number of anilines is 1. The van der Waals surface area contributed by atoms with Gasteiger partial charge >= 0.3 is 0 Å². The summed E-state index contributed by atoms with van der Waals surface area (Å²) in [4.78, 5) is 25.3. The van der Waals surface area contributed by atoms with Gasteiger partial charge in [-0.05, 0) is 45.7 Å². The number of carbonyl (C=O) groups excluding carboxylic acids is 1. The summed E-state index contributed by atoms with van der Waals surface area (Å²) in [5.74, 6) is -0.0887. The van der Waals surface area contributed by atoms with Gasteiger partial charge in [-0.1, -0.05) is 6.07 Å². The molecule has 6 heteroatoms. The van der Waals surface area contributed by atoms with E-state index in [0.29, 0.717) is 17.8 Å². The first-order chi connectivity index (χ1) is 11.3. The van der Waals surface area contributed by atoms with Crippen molar-refractivity contribution in [1.82, 2.24) is 4.57 Å². The molecule has 0 saturated heterocycles. The number of non-ortho nitro benzene ring substituents is 1. The van der Waals surface area contributed by atoms with E-state index in [0.717, 1.165) is 23.4 Å². The molecule has 1 aromatic carbocycles. The van der Waals surface area contributed by atoms with E-state index in [9.17, 15) is 14.9 Å². The van der Waals surface area contributed by atoms with E-state index < -0.39 is 4.92 Å². The second-order valence-electron chi connectivity index (χ2n) is 6.53. The number of aromatic nitrogens is 1. The largest absolute Gasteiger partial charge is 0.346 e. The molecule has 2 heterocycles. The average Bonchev–Trinajstić information content (AvgIpc) is 3.06. The van der Waals surface area contributed by atoms with Gasteiger partial charge in [-0.15, -0.1) is 0 Å². The van der Waals surface area contributed by atoms with Crippen molar-refractivity contribution in [1.29, 1.82) is 0 Å². The van der Waals surface area contributed by atoms with E-state index in [1.54, 1.807) is 11.0 Å². The van der Waals surface area contributed by atoms with Crippen molar-refractivity contribution in [3.63, 3.8) is 0 Å². The molecule has 0 spiro atoms. The maximum Gasteiger partial charge on any atom is 0.271 e. The van der Waals surface area contributed by atoms with Crippen LogP contribution in [0.1, 0.15) is 47.2 Å². The van der Waals surface area contributed by atoms with Crippen LogP contribution in [-0.2, 0) is 6.42 Å². The molecule has 6 nitrogen and oxygen atoms in total. The van der Waals surface area contributed by atoms with Crippen LogP contribution in [0.4, 0.5) is 11.4 Å². The lowest BCUT2D eigenvalue weighted by molar-refractivity contribution is -0.384. The van der Waals surface area contributed by atoms with Crippen LogP contribution >= 0.6 is 0 Å².